The van der Waals surface area contributed by atoms with Crippen molar-refractivity contribution in [1.82, 2.24) is 15.3 Å². The Bertz CT molecular complexity index is 966. The highest BCUT2D eigenvalue weighted by Crippen LogP contribution is 2.23. The summed E-state index contributed by atoms with van der Waals surface area (Å²) >= 11 is 0. The van der Waals surface area contributed by atoms with Crippen molar-refractivity contribution in [2.75, 3.05) is 23.3 Å². The highest BCUT2D eigenvalue weighted by molar-refractivity contribution is 5.93. The topological polar surface area (TPSA) is 70.2 Å². The lowest BCUT2D eigenvalue weighted by atomic mass is 10.2. The first-order chi connectivity index (χ1) is 14.2. The van der Waals surface area contributed by atoms with E-state index in [1.54, 1.807) is 13.0 Å². The molecule has 29 heavy (non-hydrogen) atoms. The number of amides is 1. The third-order valence-corrected chi connectivity index (χ3v) is 4.98. The Balaban J connectivity index is 1.43. The monoisotopic (exact) mass is 387 g/mol. The van der Waals surface area contributed by atoms with Crippen LogP contribution in [0.15, 0.2) is 60.7 Å². The number of nitrogens with zero attached hydrogens (tertiary/aromatic N) is 3. The molecule has 1 aliphatic rings. The fourth-order valence-corrected chi connectivity index (χ4v) is 3.50. The largest absolute Gasteiger partial charge is 0.372 e. The second-order valence-corrected chi connectivity index (χ2v) is 7.22. The van der Waals surface area contributed by atoms with E-state index in [0.29, 0.717) is 23.9 Å². The molecular weight excluding hydrogens is 362 g/mol. The average molecular weight is 387 g/mol. The Kier molecular flexibility index (Phi) is 5.70. The Labute approximate surface area is 171 Å². The fraction of sp³-hybridized carbons (Fsp3) is 0.261. The van der Waals surface area contributed by atoms with Crippen molar-refractivity contribution in [3.8, 4) is 0 Å². The maximum absolute atomic E-state index is 12.5. The Hall–Kier alpha value is -3.41. The van der Waals surface area contributed by atoms with Crippen LogP contribution in [0.3, 0.4) is 0 Å². The third kappa shape index (κ3) is 4.90. The van der Waals surface area contributed by atoms with Gasteiger partial charge in [0.15, 0.2) is 0 Å². The van der Waals surface area contributed by atoms with Crippen LogP contribution >= 0.6 is 0 Å². The van der Waals surface area contributed by atoms with Gasteiger partial charge < -0.3 is 15.5 Å². The van der Waals surface area contributed by atoms with E-state index in [-0.39, 0.29) is 5.91 Å². The summed E-state index contributed by atoms with van der Waals surface area (Å²) in [7, 11) is 0. The first-order valence-corrected chi connectivity index (χ1v) is 9.97. The summed E-state index contributed by atoms with van der Waals surface area (Å²) < 4.78 is 0. The molecule has 2 N–H and O–H groups in total. The number of carbonyl (C=O) groups is 1. The number of nitrogens with one attached hydrogen (secondary N) is 2. The van der Waals surface area contributed by atoms with E-state index < -0.39 is 0 Å². The minimum absolute atomic E-state index is 0.216. The van der Waals surface area contributed by atoms with Crippen LogP contribution in [0.2, 0.25) is 0 Å². The van der Waals surface area contributed by atoms with Crippen molar-refractivity contribution in [3.63, 3.8) is 0 Å². The van der Waals surface area contributed by atoms with Crippen LogP contribution < -0.4 is 15.5 Å². The molecule has 0 bridgehead atoms. The molecule has 0 aliphatic carbocycles. The van der Waals surface area contributed by atoms with E-state index in [1.807, 2.05) is 42.5 Å². The second kappa shape index (κ2) is 8.73. The van der Waals surface area contributed by atoms with Gasteiger partial charge in [-0.25, -0.2) is 9.97 Å². The number of aryl methyl sites for hydroxylation is 1. The molecule has 3 aromatic rings. The van der Waals surface area contributed by atoms with Crippen molar-refractivity contribution in [2.24, 2.45) is 0 Å². The molecule has 0 spiro atoms. The fourth-order valence-electron chi connectivity index (χ4n) is 3.50. The summed E-state index contributed by atoms with van der Waals surface area (Å²) in [6.45, 7) is 4.50. The van der Waals surface area contributed by atoms with E-state index in [4.69, 9.17) is 0 Å². The maximum Gasteiger partial charge on any atom is 0.270 e. The summed E-state index contributed by atoms with van der Waals surface area (Å²) in [6, 6.07) is 19.8. The number of aromatic nitrogens is 2. The quantitative estimate of drug-likeness (QED) is 0.667. The van der Waals surface area contributed by atoms with Crippen LogP contribution in [0.4, 0.5) is 17.2 Å². The molecular formula is C23H25N5O. The Morgan fingerprint density at radius 2 is 1.72 bits per heavy atom. The summed E-state index contributed by atoms with van der Waals surface area (Å²) in [5.74, 6) is 0.941. The van der Waals surface area contributed by atoms with Crippen LogP contribution in [0.5, 0.6) is 0 Å². The molecule has 0 saturated carbocycles. The van der Waals surface area contributed by atoms with Gasteiger partial charge in [-0.3, -0.25) is 4.79 Å². The van der Waals surface area contributed by atoms with E-state index in [9.17, 15) is 4.79 Å². The summed E-state index contributed by atoms with van der Waals surface area (Å²) in [6.07, 6.45) is 2.52. The molecule has 6 heteroatoms. The highest BCUT2D eigenvalue weighted by Gasteiger charge is 2.13. The smallest absolute Gasteiger partial charge is 0.270 e. The normalized spacial score (nSPS) is 13.3. The molecule has 148 valence electrons. The molecule has 2 heterocycles. The molecule has 0 radical (unpaired) electrons. The molecule has 4 rings (SSSR count). The van der Waals surface area contributed by atoms with Crippen LogP contribution in [0.25, 0.3) is 0 Å². The first-order valence-electron chi connectivity index (χ1n) is 9.97. The lowest BCUT2D eigenvalue weighted by Crippen LogP contribution is -2.24. The number of hydrogen-bond acceptors (Lipinski definition) is 5. The second-order valence-electron chi connectivity index (χ2n) is 7.22. The Morgan fingerprint density at radius 3 is 2.45 bits per heavy atom. The van der Waals surface area contributed by atoms with E-state index in [0.717, 1.165) is 24.3 Å². The van der Waals surface area contributed by atoms with Crippen molar-refractivity contribution in [1.29, 1.82) is 0 Å². The van der Waals surface area contributed by atoms with Crippen LogP contribution in [-0.4, -0.2) is 29.0 Å². The zero-order valence-electron chi connectivity index (χ0n) is 16.6. The van der Waals surface area contributed by atoms with Crippen molar-refractivity contribution < 1.29 is 4.79 Å². The van der Waals surface area contributed by atoms with Gasteiger partial charge in [-0.05, 0) is 49.6 Å². The number of anilines is 3. The van der Waals surface area contributed by atoms with Gasteiger partial charge in [0.05, 0.1) is 0 Å². The molecule has 1 saturated heterocycles. The molecule has 2 aromatic carbocycles. The summed E-state index contributed by atoms with van der Waals surface area (Å²) in [5, 5.41) is 6.19. The average Bonchev–Trinajstić information content (AvgIpc) is 3.28. The minimum atomic E-state index is -0.216. The van der Waals surface area contributed by atoms with Gasteiger partial charge in [-0.1, -0.05) is 30.3 Å². The minimum Gasteiger partial charge on any atom is -0.372 e. The third-order valence-electron chi connectivity index (χ3n) is 4.98. The standard InChI is InChI=1S/C23H25N5O/c1-17-25-21(23(29)24-16-18-7-3-2-4-8-18)15-22(26-17)27-19-9-11-20(12-10-19)28-13-5-6-14-28/h2-4,7-12,15H,5-6,13-14,16H2,1H3,(H,24,29)(H,25,26,27). The molecule has 1 fully saturated rings. The van der Waals surface area contributed by atoms with E-state index in [1.165, 1.54) is 18.5 Å². The van der Waals surface area contributed by atoms with Gasteiger partial charge in [0.2, 0.25) is 0 Å². The molecule has 1 amide bonds. The molecule has 6 nitrogen and oxygen atoms in total. The number of rotatable bonds is 6. The lowest BCUT2D eigenvalue weighted by molar-refractivity contribution is 0.0945. The van der Waals surface area contributed by atoms with Gasteiger partial charge in [0.1, 0.15) is 17.3 Å². The predicted octanol–water partition coefficient (Wildman–Crippen LogP) is 4.06. The number of hydrogen-bond donors (Lipinski definition) is 2. The highest BCUT2D eigenvalue weighted by atomic mass is 16.1. The van der Waals surface area contributed by atoms with Gasteiger partial charge in [0.25, 0.3) is 5.91 Å². The van der Waals surface area contributed by atoms with Crippen molar-refractivity contribution >= 4 is 23.1 Å². The first kappa shape index (κ1) is 18.9. The van der Waals surface area contributed by atoms with Crippen LogP contribution in [-0.2, 0) is 6.54 Å². The summed E-state index contributed by atoms with van der Waals surface area (Å²) in [5.41, 5.74) is 3.57. The molecule has 1 aliphatic heterocycles. The van der Waals surface area contributed by atoms with Gasteiger partial charge in [-0.15, -0.1) is 0 Å². The zero-order valence-corrected chi connectivity index (χ0v) is 16.6. The summed E-state index contributed by atoms with van der Waals surface area (Å²) in [4.78, 5) is 23.6. The van der Waals surface area contributed by atoms with Crippen molar-refractivity contribution in [2.45, 2.75) is 26.3 Å². The molecule has 0 unspecified atom stereocenters. The Morgan fingerprint density at radius 1 is 1.00 bits per heavy atom. The SMILES string of the molecule is Cc1nc(Nc2ccc(N3CCCC3)cc2)cc(C(=O)NCc2ccccc2)n1. The van der Waals surface area contributed by atoms with E-state index in [2.05, 4.69) is 37.6 Å². The van der Waals surface area contributed by atoms with Crippen LogP contribution in [0.1, 0.15) is 34.7 Å². The molecule has 1 aromatic heterocycles. The van der Waals surface area contributed by atoms with Crippen LogP contribution in [0, 0.1) is 6.92 Å². The van der Waals surface area contributed by atoms with Gasteiger partial charge in [-0.2, -0.15) is 0 Å². The number of carbonyl (C=O) groups excluding carboxylic acids is 1. The predicted molar refractivity (Wildman–Crippen MR) is 116 cm³/mol. The number of benzene rings is 2. The van der Waals surface area contributed by atoms with Crippen molar-refractivity contribution in [3.05, 3.63) is 77.7 Å². The van der Waals surface area contributed by atoms with E-state index >= 15 is 0 Å². The molecule has 0 atom stereocenters. The van der Waals surface area contributed by atoms with Gasteiger partial charge in [0, 0.05) is 37.1 Å². The maximum atomic E-state index is 12.5. The lowest BCUT2D eigenvalue weighted by Gasteiger charge is -2.18. The zero-order chi connectivity index (χ0) is 20.1. The van der Waals surface area contributed by atoms with Gasteiger partial charge >= 0.3 is 0 Å².